The summed E-state index contributed by atoms with van der Waals surface area (Å²) < 4.78 is 4.47. The Morgan fingerprint density at radius 3 is 1.60 bits per heavy atom. The molecule has 7 heteroatoms. The molecule has 0 amide bonds. The molecule has 0 fully saturated rings. The van der Waals surface area contributed by atoms with Gasteiger partial charge in [0.25, 0.3) is 0 Å². The lowest BCUT2D eigenvalue weighted by Gasteiger charge is -2.25. The highest BCUT2D eigenvalue weighted by molar-refractivity contribution is 6.35. The Morgan fingerprint density at radius 1 is 0.467 bits per heavy atom. The SMILES string of the molecule is [C-]#[N+]c1c(-c2ccccc2)c(C#N)c(-n2c3ccnc4c5ccccc5c5nccc2c5c43)c(-c2ccccc2)c1-n1c2cccc3c4ccccc4c4cncc1c4c32. The lowest BCUT2D eigenvalue weighted by Crippen LogP contribution is -2.08. The van der Waals surface area contributed by atoms with E-state index in [0.717, 1.165) is 104 Å². The number of hydrogen-bond donors (Lipinski definition) is 0. The van der Waals surface area contributed by atoms with Gasteiger partial charge in [0.1, 0.15) is 6.07 Å². The van der Waals surface area contributed by atoms with Crippen LogP contribution in [0.1, 0.15) is 5.56 Å². The van der Waals surface area contributed by atoms with Crippen LogP contribution in [0.4, 0.5) is 5.69 Å². The van der Waals surface area contributed by atoms with Crippen molar-refractivity contribution in [2.24, 2.45) is 0 Å². The van der Waals surface area contributed by atoms with Crippen LogP contribution in [0, 0.1) is 17.9 Å². The van der Waals surface area contributed by atoms with E-state index in [9.17, 15) is 5.26 Å². The zero-order valence-corrected chi connectivity index (χ0v) is 31.7. The van der Waals surface area contributed by atoms with Gasteiger partial charge < -0.3 is 9.13 Å². The summed E-state index contributed by atoms with van der Waals surface area (Å²) in [5.74, 6) is 0. The average molecular weight is 762 g/mol. The zero-order chi connectivity index (χ0) is 39.6. The summed E-state index contributed by atoms with van der Waals surface area (Å²) in [4.78, 5) is 19.3. The smallest absolute Gasteiger partial charge is 0.220 e. The molecule has 0 radical (unpaired) electrons. The number of pyridine rings is 3. The standard InChI is InChI=1S/C53H27N7/c1-55-51-43(30-13-4-2-5-14-30)37(27-54)52(59-40-23-25-57-49-35-19-10-11-20-36(35)50-48(47(40)49)41(59)24-26-58-50)44(31-15-6-3-7-16-31)53(51)60-39-22-12-21-34-32-17-8-9-18-33(32)38-28-56-29-42(60)46(38)45(34)39/h2-26,28-29H. The predicted molar refractivity (Wildman–Crippen MR) is 243 cm³/mol. The van der Waals surface area contributed by atoms with Gasteiger partial charge in [-0.25, -0.2) is 4.85 Å². The van der Waals surface area contributed by atoms with Crippen LogP contribution in [-0.4, -0.2) is 24.1 Å². The number of nitriles is 1. The van der Waals surface area contributed by atoms with Gasteiger partial charge >= 0.3 is 0 Å². The molecule has 0 N–H and O–H groups in total. The summed E-state index contributed by atoms with van der Waals surface area (Å²) >= 11 is 0. The Labute approximate surface area is 341 Å². The van der Waals surface area contributed by atoms with Gasteiger partial charge in [-0.1, -0.05) is 121 Å². The molecule has 0 aliphatic carbocycles. The number of benzene rings is 8. The van der Waals surface area contributed by atoms with Crippen molar-refractivity contribution in [3.63, 3.8) is 0 Å². The number of hydrogen-bond acceptors (Lipinski definition) is 4. The van der Waals surface area contributed by atoms with Gasteiger partial charge in [-0.15, -0.1) is 0 Å². The highest BCUT2D eigenvalue weighted by Gasteiger charge is 2.33. The molecule has 13 rings (SSSR count). The first-order valence-corrected chi connectivity index (χ1v) is 19.8. The van der Waals surface area contributed by atoms with Crippen molar-refractivity contribution in [3.05, 3.63) is 181 Å². The first kappa shape index (κ1) is 32.4. The Hall–Kier alpha value is -8.65. The maximum absolute atomic E-state index is 11.7. The van der Waals surface area contributed by atoms with Gasteiger partial charge in [-0.3, -0.25) is 15.0 Å². The highest BCUT2D eigenvalue weighted by atomic mass is 15.1. The minimum absolute atomic E-state index is 0.383. The molecule has 0 unspecified atom stereocenters. The van der Waals surface area contributed by atoms with Gasteiger partial charge in [0.15, 0.2) is 0 Å². The lowest BCUT2D eigenvalue weighted by atomic mass is 9.88. The second kappa shape index (κ2) is 11.9. The molecule has 0 saturated heterocycles. The van der Waals surface area contributed by atoms with Crippen LogP contribution in [0.15, 0.2) is 164 Å². The van der Waals surface area contributed by atoms with Crippen molar-refractivity contribution in [1.29, 1.82) is 5.26 Å². The third-order valence-corrected chi connectivity index (χ3v) is 12.5. The van der Waals surface area contributed by atoms with E-state index in [1.54, 1.807) is 0 Å². The van der Waals surface area contributed by atoms with Crippen LogP contribution in [0.3, 0.4) is 0 Å². The lowest BCUT2D eigenvalue weighted by molar-refractivity contribution is 1.13. The summed E-state index contributed by atoms with van der Waals surface area (Å²) in [5, 5.41) is 22.3. The summed E-state index contributed by atoms with van der Waals surface area (Å²) in [6.07, 6.45) is 7.61. The second-order valence-corrected chi connectivity index (χ2v) is 15.3. The maximum atomic E-state index is 11.7. The van der Waals surface area contributed by atoms with Gasteiger partial charge in [-0.2, -0.15) is 5.26 Å². The molecule has 0 spiro atoms. The number of nitrogens with zero attached hydrogens (tertiary/aromatic N) is 7. The molecule has 0 bridgehead atoms. The van der Waals surface area contributed by atoms with Gasteiger partial charge in [-0.05, 0) is 45.5 Å². The second-order valence-electron chi connectivity index (χ2n) is 15.3. The van der Waals surface area contributed by atoms with Crippen molar-refractivity contribution >= 4 is 92.6 Å². The van der Waals surface area contributed by atoms with Crippen LogP contribution in [0.5, 0.6) is 0 Å². The van der Waals surface area contributed by atoms with Gasteiger partial charge in [0.05, 0.1) is 62.8 Å². The average Bonchev–Trinajstić information content (AvgIpc) is 3.84. The van der Waals surface area contributed by atoms with Crippen LogP contribution in [0.2, 0.25) is 0 Å². The van der Waals surface area contributed by atoms with E-state index in [2.05, 4.69) is 86.8 Å². The van der Waals surface area contributed by atoms with Crippen molar-refractivity contribution in [1.82, 2.24) is 24.1 Å². The predicted octanol–water partition coefficient (Wildman–Crippen LogP) is 13.3. The maximum Gasteiger partial charge on any atom is 0.220 e. The summed E-state index contributed by atoms with van der Waals surface area (Å²) in [5.41, 5.74) is 10.5. The molecular weight excluding hydrogens is 735 g/mol. The Kier molecular flexibility index (Phi) is 6.45. The molecule has 0 saturated carbocycles. The molecule has 0 aliphatic rings. The van der Waals surface area contributed by atoms with Crippen LogP contribution < -0.4 is 0 Å². The van der Waals surface area contributed by atoms with E-state index < -0.39 is 0 Å². The van der Waals surface area contributed by atoms with Gasteiger partial charge in [0.2, 0.25) is 5.69 Å². The molecular formula is C53H27N7. The monoisotopic (exact) mass is 761 g/mol. The molecule has 0 aliphatic heterocycles. The van der Waals surface area contributed by atoms with E-state index in [1.807, 2.05) is 97.6 Å². The quantitative estimate of drug-likeness (QED) is 0.132. The molecule has 274 valence electrons. The molecule has 0 atom stereocenters. The van der Waals surface area contributed by atoms with E-state index >= 15 is 0 Å². The first-order valence-electron chi connectivity index (χ1n) is 19.8. The minimum atomic E-state index is 0.383. The first-order chi connectivity index (χ1) is 29.8. The third-order valence-electron chi connectivity index (χ3n) is 12.5. The molecule has 5 aromatic heterocycles. The molecule has 13 aromatic rings. The van der Waals surface area contributed by atoms with Crippen LogP contribution in [-0.2, 0) is 0 Å². The van der Waals surface area contributed by atoms with Crippen LogP contribution in [0.25, 0.3) is 125 Å². The number of fused-ring (bicyclic) bond motifs is 6. The van der Waals surface area contributed by atoms with Crippen molar-refractivity contribution in [2.45, 2.75) is 0 Å². The van der Waals surface area contributed by atoms with Crippen molar-refractivity contribution < 1.29 is 0 Å². The Morgan fingerprint density at radius 2 is 0.983 bits per heavy atom. The Balaban J connectivity index is 1.33. The van der Waals surface area contributed by atoms with E-state index in [4.69, 9.17) is 21.5 Å². The van der Waals surface area contributed by atoms with Crippen molar-refractivity contribution in [3.8, 4) is 39.7 Å². The molecule has 60 heavy (non-hydrogen) atoms. The number of rotatable bonds is 4. The zero-order valence-electron chi connectivity index (χ0n) is 31.7. The number of aromatic nitrogens is 5. The largest absolute Gasteiger partial charge is 0.317 e. The highest BCUT2D eigenvalue weighted by Crippen LogP contribution is 2.54. The summed E-state index contributed by atoms with van der Waals surface area (Å²) in [6.45, 7) is 9.14. The fraction of sp³-hybridized carbons (Fsp3) is 0. The molecule has 7 nitrogen and oxygen atoms in total. The van der Waals surface area contributed by atoms with E-state index in [-0.39, 0.29) is 0 Å². The fourth-order valence-corrected chi connectivity index (χ4v) is 10.2. The molecule has 5 heterocycles. The topological polar surface area (TPSA) is 76.7 Å². The fourth-order valence-electron chi connectivity index (χ4n) is 10.2. The van der Waals surface area contributed by atoms with Crippen molar-refractivity contribution in [2.75, 3.05) is 0 Å². The van der Waals surface area contributed by atoms with E-state index in [1.165, 1.54) is 0 Å². The summed E-state index contributed by atoms with van der Waals surface area (Å²) in [7, 11) is 0. The minimum Gasteiger partial charge on any atom is -0.317 e. The molecule has 8 aromatic carbocycles. The Bertz CT molecular complexity index is 3620. The van der Waals surface area contributed by atoms with Crippen LogP contribution >= 0.6 is 0 Å². The van der Waals surface area contributed by atoms with E-state index in [0.29, 0.717) is 28.2 Å². The third kappa shape index (κ3) is 4.02. The summed E-state index contributed by atoms with van der Waals surface area (Å²) in [6, 6.07) is 50.1. The van der Waals surface area contributed by atoms with Gasteiger partial charge in [0, 0.05) is 67.4 Å². The normalized spacial score (nSPS) is 12.0.